The average molecular weight is 232 g/mol. The smallest absolute Gasteiger partial charge is 0.160 e. The molecular weight excluding hydrogens is 222 g/mol. The quantitative estimate of drug-likeness (QED) is 0.727. The molecule has 0 aliphatic rings. The number of rotatable bonds is 2. The van der Waals surface area contributed by atoms with Crippen LogP contribution in [-0.4, -0.2) is 10.7 Å². The lowest BCUT2D eigenvalue weighted by atomic mass is 10.2. The summed E-state index contributed by atoms with van der Waals surface area (Å²) in [7, 11) is 0. The van der Waals surface area contributed by atoms with Gasteiger partial charge < -0.3 is 0 Å². The van der Waals surface area contributed by atoms with Crippen molar-refractivity contribution in [1.29, 1.82) is 0 Å². The number of nitrogens with zero attached hydrogens (tertiary/aromatic N) is 2. The van der Waals surface area contributed by atoms with E-state index in [1.165, 1.54) is 6.07 Å². The van der Waals surface area contributed by atoms with Gasteiger partial charge in [-0.3, -0.25) is 9.98 Å². The van der Waals surface area contributed by atoms with Gasteiger partial charge in [0.15, 0.2) is 11.6 Å². The first-order valence-corrected chi connectivity index (χ1v) is 5.08. The van der Waals surface area contributed by atoms with E-state index in [0.29, 0.717) is 17.1 Å². The minimum Gasteiger partial charge on any atom is -0.255 e. The van der Waals surface area contributed by atoms with Gasteiger partial charge in [0.2, 0.25) is 0 Å². The summed E-state index contributed by atoms with van der Waals surface area (Å²) in [4.78, 5) is 8.29. The highest BCUT2D eigenvalue weighted by Crippen LogP contribution is 2.17. The summed E-state index contributed by atoms with van der Waals surface area (Å²) < 4.78 is 25.7. The SMILES string of the molecule is CC(=Nc1ccc(F)c(F)c1)c1ccccn1. The van der Waals surface area contributed by atoms with Crippen molar-refractivity contribution >= 4 is 11.4 Å². The highest BCUT2D eigenvalue weighted by Gasteiger charge is 2.03. The van der Waals surface area contributed by atoms with Crippen LogP contribution in [0.25, 0.3) is 0 Å². The fourth-order valence-electron chi connectivity index (χ4n) is 1.38. The highest BCUT2D eigenvalue weighted by molar-refractivity contribution is 5.98. The molecule has 1 heterocycles. The zero-order valence-corrected chi connectivity index (χ0v) is 9.19. The van der Waals surface area contributed by atoms with Crippen molar-refractivity contribution in [3.63, 3.8) is 0 Å². The van der Waals surface area contributed by atoms with E-state index in [1.54, 1.807) is 25.3 Å². The van der Waals surface area contributed by atoms with Crippen molar-refractivity contribution < 1.29 is 8.78 Å². The van der Waals surface area contributed by atoms with Crippen LogP contribution in [0.2, 0.25) is 0 Å². The van der Waals surface area contributed by atoms with Crippen molar-refractivity contribution in [2.24, 2.45) is 4.99 Å². The number of aliphatic imine (C=N–C) groups is 1. The van der Waals surface area contributed by atoms with Crippen LogP contribution >= 0.6 is 0 Å². The van der Waals surface area contributed by atoms with E-state index in [-0.39, 0.29) is 0 Å². The fourth-order valence-corrected chi connectivity index (χ4v) is 1.38. The van der Waals surface area contributed by atoms with E-state index in [2.05, 4.69) is 9.98 Å². The standard InChI is InChI=1S/C13H10F2N2/c1-9(13-4-2-3-7-16-13)17-10-5-6-11(14)12(15)8-10/h2-8H,1H3. The third-order valence-electron chi connectivity index (χ3n) is 2.24. The van der Waals surface area contributed by atoms with Crippen LogP contribution in [0.3, 0.4) is 0 Å². The Labute approximate surface area is 97.7 Å². The van der Waals surface area contributed by atoms with E-state index < -0.39 is 11.6 Å². The second-order valence-corrected chi connectivity index (χ2v) is 3.51. The van der Waals surface area contributed by atoms with E-state index in [9.17, 15) is 8.78 Å². The van der Waals surface area contributed by atoms with Gasteiger partial charge in [-0.25, -0.2) is 8.78 Å². The molecule has 2 rings (SSSR count). The molecule has 0 amide bonds. The van der Waals surface area contributed by atoms with Crippen molar-refractivity contribution in [3.8, 4) is 0 Å². The summed E-state index contributed by atoms with van der Waals surface area (Å²) in [6.07, 6.45) is 1.65. The lowest BCUT2D eigenvalue weighted by Crippen LogP contribution is -1.96. The molecule has 2 aromatic rings. The van der Waals surface area contributed by atoms with E-state index in [0.717, 1.165) is 12.1 Å². The van der Waals surface area contributed by atoms with Gasteiger partial charge >= 0.3 is 0 Å². The average Bonchev–Trinajstić information content (AvgIpc) is 2.35. The third-order valence-corrected chi connectivity index (χ3v) is 2.24. The molecule has 0 fully saturated rings. The molecule has 0 saturated carbocycles. The Balaban J connectivity index is 2.33. The van der Waals surface area contributed by atoms with Gasteiger partial charge in [0.25, 0.3) is 0 Å². The van der Waals surface area contributed by atoms with E-state index in [4.69, 9.17) is 0 Å². The van der Waals surface area contributed by atoms with Crippen molar-refractivity contribution in [3.05, 3.63) is 59.9 Å². The molecule has 1 aromatic heterocycles. The summed E-state index contributed by atoms with van der Waals surface area (Å²) in [5.74, 6) is -1.78. The number of hydrogen-bond acceptors (Lipinski definition) is 2. The van der Waals surface area contributed by atoms with E-state index >= 15 is 0 Å². The van der Waals surface area contributed by atoms with Crippen LogP contribution < -0.4 is 0 Å². The molecule has 0 spiro atoms. The Kier molecular flexibility index (Phi) is 3.23. The van der Waals surface area contributed by atoms with Crippen LogP contribution in [0.5, 0.6) is 0 Å². The molecule has 0 aliphatic carbocycles. The predicted octanol–water partition coefficient (Wildman–Crippen LogP) is 3.50. The number of benzene rings is 1. The Morgan fingerprint density at radius 1 is 1.12 bits per heavy atom. The van der Waals surface area contributed by atoms with Gasteiger partial charge in [-0.1, -0.05) is 6.07 Å². The lowest BCUT2D eigenvalue weighted by molar-refractivity contribution is 0.509. The van der Waals surface area contributed by atoms with Gasteiger partial charge in [0.1, 0.15) is 0 Å². The first-order chi connectivity index (χ1) is 8.16. The summed E-state index contributed by atoms with van der Waals surface area (Å²) >= 11 is 0. The molecular formula is C13H10F2N2. The zero-order valence-electron chi connectivity index (χ0n) is 9.19. The van der Waals surface area contributed by atoms with E-state index in [1.807, 2.05) is 6.07 Å². The van der Waals surface area contributed by atoms with Crippen LogP contribution in [0.4, 0.5) is 14.5 Å². The monoisotopic (exact) mass is 232 g/mol. The van der Waals surface area contributed by atoms with Crippen molar-refractivity contribution in [2.75, 3.05) is 0 Å². The Hall–Kier alpha value is -2.10. The van der Waals surface area contributed by atoms with Crippen molar-refractivity contribution in [2.45, 2.75) is 6.92 Å². The summed E-state index contributed by atoms with van der Waals surface area (Å²) in [6.45, 7) is 1.77. The minimum atomic E-state index is -0.903. The van der Waals surface area contributed by atoms with Crippen LogP contribution in [-0.2, 0) is 0 Å². The zero-order chi connectivity index (χ0) is 12.3. The first-order valence-electron chi connectivity index (χ1n) is 5.08. The van der Waals surface area contributed by atoms with Crippen molar-refractivity contribution in [1.82, 2.24) is 4.98 Å². The Morgan fingerprint density at radius 3 is 2.59 bits per heavy atom. The second kappa shape index (κ2) is 4.82. The maximum Gasteiger partial charge on any atom is 0.160 e. The molecule has 86 valence electrons. The van der Waals surface area contributed by atoms with Crippen LogP contribution in [0.1, 0.15) is 12.6 Å². The second-order valence-electron chi connectivity index (χ2n) is 3.51. The molecule has 0 saturated heterocycles. The summed E-state index contributed by atoms with van der Waals surface area (Å²) in [5, 5.41) is 0. The van der Waals surface area contributed by atoms with Gasteiger partial charge in [-0.15, -0.1) is 0 Å². The first kappa shape index (κ1) is 11.4. The van der Waals surface area contributed by atoms with Gasteiger partial charge in [-0.05, 0) is 31.2 Å². The molecule has 0 bridgehead atoms. The number of hydrogen-bond donors (Lipinski definition) is 0. The summed E-state index contributed by atoms with van der Waals surface area (Å²) in [5.41, 5.74) is 1.72. The molecule has 0 N–H and O–H groups in total. The molecule has 0 atom stereocenters. The predicted molar refractivity (Wildman–Crippen MR) is 62.5 cm³/mol. The number of pyridine rings is 1. The molecule has 4 heteroatoms. The maximum atomic E-state index is 13.0. The molecule has 0 radical (unpaired) electrons. The molecule has 0 aliphatic heterocycles. The molecule has 0 unspecified atom stereocenters. The summed E-state index contributed by atoms with van der Waals surface area (Å²) in [6, 6.07) is 8.98. The number of aromatic nitrogens is 1. The van der Waals surface area contributed by atoms with Gasteiger partial charge in [-0.2, -0.15) is 0 Å². The van der Waals surface area contributed by atoms with Gasteiger partial charge in [0, 0.05) is 12.3 Å². The highest BCUT2D eigenvalue weighted by atomic mass is 19.2. The van der Waals surface area contributed by atoms with Crippen LogP contribution in [0, 0.1) is 11.6 Å². The Bertz CT molecular complexity index is 551. The topological polar surface area (TPSA) is 25.2 Å². The van der Waals surface area contributed by atoms with Crippen LogP contribution in [0.15, 0.2) is 47.6 Å². The molecule has 2 nitrogen and oxygen atoms in total. The number of halogens is 2. The normalized spacial score (nSPS) is 11.6. The lowest BCUT2D eigenvalue weighted by Gasteiger charge is -2.00. The fraction of sp³-hybridized carbons (Fsp3) is 0.0769. The maximum absolute atomic E-state index is 13.0. The largest absolute Gasteiger partial charge is 0.255 e. The third kappa shape index (κ3) is 2.72. The molecule has 17 heavy (non-hydrogen) atoms. The van der Waals surface area contributed by atoms with Gasteiger partial charge in [0.05, 0.1) is 17.1 Å². The molecule has 1 aromatic carbocycles. The Morgan fingerprint density at radius 2 is 1.94 bits per heavy atom. The minimum absolute atomic E-state index is 0.368.